The Morgan fingerprint density at radius 1 is 0.839 bits per heavy atom. The number of esters is 1. The summed E-state index contributed by atoms with van der Waals surface area (Å²) < 4.78 is 11.0. The van der Waals surface area contributed by atoms with Gasteiger partial charge in [0.1, 0.15) is 18.8 Å². The maximum atomic E-state index is 12.3. The molecule has 0 saturated heterocycles. The van der Waals surface area contributed by atoms with Crippen LogP contribution in [0.3, 0.4) is 0 Å². The highest BCUT2D eigenvalue weighted by molar-refractivity contribution is 6.06. The van der Waals surface area contributed by atoms with Gasteiger partial charge in [-0.3, -0.25) is 9.59 Å². The van der Waals surface area contributed by atoms with Crippen molar-refractivity contribution in [1.29, 1.82) is 0 Å². The smallest absolute Gasteiger partial charge is 0.313 e. The monoisotopic (exact) mass is 416 g/mol. The highest BCUT2D eigenvalue weighted by Gasteiger charge is 2.14. The van der Waals surface area contributed by atoms with Crippen LogP contribution in [0.4, 0.5) is 0 Å². The first-order valence-electron chi connectivity index (χ1n) is 10.6. The molecule has 3 rings (SSSR count). The summed E-state index contributed by atoms with van der Waals surface area (Å²) >= 11 is 0. The SMILES string of the molecule is CC[C@H](C)COC(=O)CC(=O)c1ccc(-c2ccc(OCc3ccccc3)cc2)cc1. The fraction of sp³-hybridized carbons (Fsp3) is 0.259. The van der Waals surface area contributed by atoms with Crippen LogP contribution in [0, 0.1) is 5.92 Å². The Hall–Kier alpha value is -3.40. The lowest BCUT2D eigenvalue weighted by Crippen LogP contribution is -2.15. The third-order valence-corrected chi connectivity index (χ3v) is 5.17. The van der Waals surface area contributed by atoms with Crippen LogP contribution in [0.5, 0.6) is 5.75 Å². The van der Waals surface area contributed by atoms with Crippen molar-refractivity contribution in [3.63, 3.8) is 0 Å². The van der Waals surface area contributed by atoms with E-state index in [1.807, 2.05) is 80.6 Å². The van der Waals surface area contributed by atoms with Crippen molar-refractivity contribution in [1.82, 2.24) is 0 Å². The number of rotatable bonds is 10. The van der Waals surface area contributed by atoms with Crippen LogP contribution in [0.15, 0.2) is 78.9 Å². The summed E-state index contributed by atoms with van der Waals surface area (Å²) in [6.07, 6.45) is 0.700. The van der Waals surface area contributed by atoms with Crippen molar-refractivity contribution < 1.29 is 19.1 Å². The summed E-state index contributed by atoms with van der Waals surface area (Å²) in [7, 11) is 0. The van der Waals surface area contributed by atoms with Crippen molar-refractivity contribution in [2.24, 2.45) is 5.92 Å². The number of benzene rings is 3. The van der Waals surface area contributed by atoms with Gasteiger partial charge in [0.05, 0.1) is 6.61 Å². The highest BCUT2D eigenvalue weighted by Crippen LogP contribution is 2.24. The third-order valence-electron chi connectivity index (χ3n) is 5.17. The molecule has 0 bridgehead atoms. The van der Waals surface area contributed by atoms with Gasteiger partial charge in [-0.15, -0.1) is 0 Å². The lowest BCUT2D eigenvalue weighted by atomic mass is 10.0. The van der Waals surface area contributed by atoms with Gasteiger partial charge in [-0.2, -0.15) is 0 Å². The molecule has 4 heteroatoms. The van der Waals surface area contributed by atoms with E-state index in [9.17, 15) is 9.59 Å². The zero-order valence-corrected chi connectivity index (χ0v) is 18.0. The maximum absolute atomic E-state index is 12.3. The Morgan fingerprint density at radius 3 is 2.06 bits per heavy atom. The first kappa shape index (κ1) is 22.3. The summed E-state index contributed by atoms with van der Waals surface area (Å²) in [5, 5.41) is 0. The Kier molecular flexibility index (Phi) is 7.99. The highest BCUT2D eigenvalue weighted by atomic mass is 16.5. The number of Topliss-reactive ketones (excluding diaryl/α,β-unsaturated/α-hetero) is 1. The number of ketones is 1. The average Bonchev–Trinajstić information content (AvgIpc) is 2.82. The molecular formula is C27H28O4. The van der Waals surface area contributed by atoms with Gasteiger partial charge in [-0.05, 0) is 34.7 Å². The Morgan fingerprint density at radius 2 is 1.45 bits per heavy atom. The van der Waals surface area contributed by atoms with E-state index in [-0.39, 0.29) is 12.2 Å². The topological polar surface area (TPSA) is 52.6 Å². The van der Waals surface area contributed by atoms with Crippen LogP contribution in [-0.2, 0) is 16.1 Å². The van der Waals surface area contributed by atoms with Gasteiger partial charge >= 0.3 is 5.97 Å². The van der Waals surface area contributed by atoms with Gasteiger partial charge in [0, 0.05) is 5.56 Å². The quantitative estimate of drug-likeness (QED) is 0.228. The van der Waals surface area contributed by atoms with Gasteiger partial charge in [-0.25, -0.2) is 0 Å². The van der Waals surface area contributed by atoms with E-state index in [0.717, 1.165) is 28.9 Å². The molecule has 0 aliphatic heterocycles. The summed E-state index contributed by atoms with van der Waals surface area (Å²) in [4.78, 5) is 24.2. The van der Waals surface area contributed by atoms with Crippen molar-refractivity contribution >= 4 is 11.8 Å². The molecule has 0 fully saturated rings. The Balaban J connectivity index is 1.54. The van der Waals surface area contributed by atoms with Gasteiger partial charge in [0.2, 0.25) is 0 Å². The summed E-state index contributed by atoms with van der Waals surface area (Å²) in [5.74, 6) is 0.398. The number of ether oxygens (including phenoxy) is 2. The van der Waals surface area contributed by atoms with Crippen LogP contribution in [0.25, 0.3) is 11.1 Å². The van der Waals surface area contributed by atoms with E-state index in [2.05, 4.69) is 0 Å². The van der Waals surface area contributed by atoms with E-state index >= 15 is 0 Å². The summed E-state index contributed by atoms with van der Waals surface area (Å²) in [5.41, 5.74) is 3.65. The zero-order valence-electron chi connectivity index (χ0n) is 18.0. The predicted octanol–water partition coefficient (Wildman–Crippen LogP) is 6.09. The molecule has 0 aliphatic carbocycles. The average molecular weight is 417 g/mol. The second-order valence-corrected chi connectivity index (χ2v) is 7.67. The van der Waals surface area contributed by atoms with E-state index in [1.54, 1.807) is 12.1 Å². The number of carbonyl (C=O) groups is 2. The van der Waals surface area contributed by atoms with Gasteiger partial charge < -0.3 is 9.47 Å². The van der Waals surface area contributed by atoms with Crippen molar-refractivity contribution in [2.75, 3.05) is 6.61 Å². The van der Waals surface area contributed by atoms with E-state index < -0.39 is 5.97 Å². The minimum absolute atomic E-state index is 0.231. The van der Waals surface area contributed by atoms with Gasteiger partial charge in [-0.1, -0.05) is 87.0 Å². The summed E-state index contributed by atoms with van der Waals surface area (Å²) in [6, 6.07) is 25.1. The Bertz CT molecular complexity index is 976. The molecule has 0 aromatic heterocycles. The van der Waals surface area contributed by atoms with E-state index in [1.165, 1.54) is 0 Å². The zero-order chi connectivity index (χ0) is 22.1. The maximum Gasteiger partial charge on any atom is 0.313 e. The molecule has 0 N–H and O–H groups in total. The minimum Gasteiger partial charge on any atom is -0.489 e. The molecule has 4 nitrogen and oxygen atoms in total. The molecular weight excluding hydrogens is 388 g/mol. The molecule has 0 radical (unpaired) electrons. The van der Waals surface area contributed by atoms with Crippen LogP contribution in [0.1, 0.15) is 42.6 Å². The molecule has 3 aromatic rings. The van der Waals surface area contributed by atoms with Crippen molar-refractivity contribution in [3.05, 3.63) is 90.0 Å². The van der Waals surface area contributed by atoms with Gasteiger partial charge in [0.15, 0.2) is 5.78 Å². The molecule has 0 unspecified atom stereocenters. The molecule has 0 aliphatic rings. The minimum atomic E-state index is -0.472. The Labute approximate surface area is 183 Å². The van der Waals surface area contributed by atoms with Crippen LogP contribution < -0.4 is 4.74 Å². The first-order valence-corrected chi connectivity index (χ1v) is 10.6. The van der Waals surface area contributed by atoms with Crippen LogP contribution >= 0.6 is 0 Å². The normalized spacial score (nSPS) is 11.5. The molecule has 3 aromatic carbocycles. The van der Waals surface area contributed by atoms with E-state index in [4.69, 9.17) is 9.47 Å². The predicted molar refractivity (Wildman–Crippen MR) is 122 cm³/mol. The standard InChI is InChI=1S/C27H28O4/c1-3-20(2)18-31-27(29)17-26(28)24-11-9-22(10-12-24)23-13-15-25(16-14-23)30-19-21-7-5-4-6-8-21/h4-16,20H,3,17-19H2,1-2H3/t20-/m0/s1. The molecule has 160 valence electrons. The molecule has 0 saturated carbocycles. The second-order valence-electron chi connectivity index (χ2n) is 7.67. The second kappa shape index (κ2) is 11.1. The largest absolute Gasteiger partial charge is 0.489 e. The molecule has 1 atom stereocenters. The number of carbonyl (C=O) groups excluding carboxylic acids is 2. The van der Waals surface area contributed by atoms with Crippen LogP contribution in [-0.4, -0.2) is 18.4 Å². The van der Waals surface area contributed by atoms with E-state index in [0.29, 0.717) is 24.7 Å². The fourth-order valence-corrected chi connectivity index (χ4v) is 2.97. The molecule has 0 heterocycles. The summed E-state index contributed by atoms with van der Waals surface area (Å²) in [6.45, 7) is 4.93. The van der Waals surface area contributed by atoms with Crippen molar-refractivity contribution in [3.8, 4) is 16.9 Å². The van der Waals surface area contributed by atoms with Crippen molar-refractivity contribution in [2.45, 2.75) is 33.3 Å². The number of hydrogen-bond donors (Lipinski definition) is 0. The molecule has 31 heavy (non-hydrogen) atoms. The lowest BCUT2D eigenvalue weighted by Gasteiger charge is -2.09. The van der Waals surface area contributed by atoms with Gasteiger partial charge in [0.25, 0.3) is 0 Å². The lowest BCUT2D eigenvalue weighted by molar-refractivity contribution is -0.143. The van der Waals surface area contributed by atoms with Crippen LogP contribution in [0.2, 0.25) is 0 Å². The number of hydrogen-bond acceptors (Lipinski definition) is 4. The fourth-order valence-electron chi connectivity index (χ4n) is 2.97. The first-order chi connectivity index (χ1) is 15.0. The molecule has 0 amide bonds. The third kappa shape index (κ3) is 6.82. The molecule has 0 spiro atoms.